The van der Waals surface area contributed by atoms with Crippen LogP contribution in [-0.2, 0) is 0 Å². The van der Waals surface area contributed by atoms with E-state index in [1.165, 1.54) is 6.42 Å². The Morgan fingerprint density at radius 1 is 1.11 bits per heavy atom. The highest BCUT2D eigenvalue weighted by Crippen LogP contribution is 2.25. The number of aryl methyl sites for hydroxylation is 2. The second-order valence-electron chi connectivity index (χ2n) is 7.53. The van der Waals surface area contributed by atoms with Crippen LogP contribution >= 0.6 is 0 Å². The number of methoxy groups -OCH3 is 1. The Balaban J connectivity index is 1.78. The van der Waals surface area contributed by atoms with E-state index in [1.807, 2.05) is 30.9 Å². The van der Waals surface area contributed by atoms with Crippen molar-refractivity contribution in [1.82, 2.24) is 4.90 Å². The first-order valence-corrected chi connectivity index (χ1v) is 9.78. The Labute approximate surface area is 166 Å². The maximum atomic E-state index is 12.9. The van der Waals surface area contributed by atoms with Crippen molar-refractivity contribution in [3.8, 4) is 5.75 Å². The zero-order valence-corrected chi connectivity index (χ0v) is 17.0. The molecule has 5 nitrogen and oxygen atoms in total. The lowest BCUT2D eigenvalue weighted by molar-refractivity contribution is 0.0635. The zero-order chi connectivity index (χ0) is 20.3. The second-order valence-corrected chi connectivity index (χ2v) is 7.53. The third-order valence-corrected chi connectivity index (χ3v) is 5.38. The number of amides is 2. The van der Waals surface area contributed by atoms with Crippen molar-refractivity contribution >= 4 is 17.5 Å². The Bertz CT molecular complexity index is 891. The lowest BCUT2D eigenvalue weighted by Crippen LogP contribution is -2.42. The maximum Gasteiger partial charge on any atom is 0.259 e. The summed E-state index contributed by atoms with van der Waals surface area (Å²) in [4.78, 5) is 27.6. The predicted octanol–water partition coefficient (Wildman–Crippen LogP) is 4.58. The fourth-order valence-electron chi connectivity index (χ4n) is 3.69. The van der Waals surface area contributed by atoms with Crippen LogP contribution in [0.5, 0.6) is 5.75 Å². The lowest BCUT2D eigenvalue weighted by Gasteiger charge is -2.33. The number of hydrogen-bond donors (Lipinski definition) is 1. The van der Waals surface area contributed by atoms with Gasteiger partial charge < -0.3 is 15.0 Å². The lowest BCUT2D eigenvalue weighted by atomic mass is 10.0. The van der Waals surface area contributed by atoms with Crippen molar-refractivity contribution in [1.29, 1.82) is 0 Å². The van der Waals surface area contributed by atoms with E-state index < -0.39 is 0 Å². The van der Waals surface area contributed by atoms with E-state index in [-0.39, 0.29) is 17.9 Å². The highest BCUT2D eigenvalue weighted by Gasteiger charge is 2.24. The number of hydrogen-bond acceptors (Lipinski definition) is 3. The summed E-state index contributed by atoms with van der Waals surface area (Å²) in [6, 6.07) is 11.2. The number of carbonyl (C=O) groups excluding carboxylic acids is 2. The van der Waals surface area contributed by atoms with Crippen LogP contribution in [0.2, 0.25) is 0 Å². The van der Waals surface area contributed by atoms with Crippen molar-refractivity contribution < 1.29 is 14.3 Å². The van der Waals surface area contributed by atoms with Gasteiger partial charge in [-0.1, -0.05) is 11.6 Å². The highest BCUT2D eigenvalue weighted by atomic mass is 16.5. The molecule has 0 aromatic heterocycles. The van der Waals surface area contributed by atoms with E-state index in [1.54, 1.807) is 31.4 Å². The van der Waals surface area contributed by atoms with Gasteiger partial charge in [0, 0.05) is 23.8 Å². The molecule has 3 rings (SSSR count). The van der Waals surface area contributed by atoms with Gasteiger partial charge in [-0.3, -0.25) is 9.59 Å². The third-order valence-electron chi connectivity index (χ3n) is 5.38. The number of anilines is 1. The fraction of sp³-hybridized carbons (Fsp3) is 0.391. The molecule has 28 heavy (non-hydrogen) atoms. The summed E-state index contributed by atoms with van der Waals surface area (Å²) in [6.07, 6.45) is 3.29. The quantitative estimate of drug-likeness (QED) is 0.845. The molecule has 1 aliphatic rings. The smallest absolute Gasteiger partial charge is 0.259 e. The molecule has 0 saturated carbocycles. The molecule has 5 heteroatoms. The number of piperidine rings is 1. The number of ether oxygens (including phenoxy) is 1. The van der Waals surface area contributed by atoms with E-state index in [4.69, 9.17) is 4.74 Å². The Morgan fingerprint density at radius 2 is 1.89 bits per heavy atom. The van der Waals surface area contributed by atoms with Gasteiger partial charge >= 0.3 is 0 Å². The van der Waals surface area contributed by atoms with Crippen molar-refractivity contribution in [3.63, 3.8) is 0 Å². The summed E-state index contributed by atoms with van der Waals surface area (Å²) < 4.78 is 5.31. The van der Waals surface area contributed by atoms with Gasteiger partial charge in [-0.15, -0.1) is 0 Å². The van der Waals surface area contributed by atoms with Crippen LogP contribution in [0.4, 0.5) is 5.69 Å². The Hall–Kier alpha value is -2.82. The molecule has 0 spiro atoms. The van der Waals surface area contributed by atoms with Crippen LogP contribution in [0.3, 0.4) is 0 Å². The molecule has 1 saturated heterocycles. The van der Waals surface area contributed by atoms with E-state index in [0.29, 0.717) is 22.6 Å². The van der Waals surface area contributed by atoms with Crippen molar-refractivity contribution in [2.75, 3.05) is 19.0 Å². The molecule has 1 heterocycles. The van der Waals surface area contributed by atoms with Crippen LogP contribution in [0, 0.1) is 13.8 Å². The molecule has 2 aromatic rings. The summed E-state index contributed by atoms with van der Waals surface area (Å²) in [6.45, 7) is 6.75. The molecule has 148 valence electrons. The molecular formula is C23H28N2O3. The Morgan fingerprint density at radius 3 is 2.57 bits per heavy atom. The number of rotatable bonds is 4. The molecule has 1 fully saturated rings. The molecule has 1 aliphatic heterocycles. The summed E-state index contributed by atoms with van der Waals surface area (Å²) >= 11 is 0. The minimum atomic E-state index is -0.229. The number of likely N-dealkylation sites (tertiary alicyclic amines) is 1. The predicted molar refractivity (Wildman–Crippen MR) is 111 cm³/mol. The normalized spacial score (nSPS) is 16.6. The largest absolute Gasteiger partial charge is 0.496 e. The van der Waals surface area contributed by atoms with Crippen molar-refractivity contribution in [2.24, 2.45) is 0 Å². The van der Waals surface area contributed by atoms with Gasteiger partial charge in [0.25, 0.3) is 11.8 Å². The van der Waals surface area contributed by atoms with Crippen LogP contribution < -0.4 is 10.1 Å². The minimum absolute atomic E-state index is 0.0635. The van der Waals surface area contributed by atoms with Crippen LogP contribution in [-0.4, -0.2) is 36.4 Å². The summed E-state index contributed by atoms with van der Waals surface area (Å²) in [5.74, 6) is 0.368. The van der Waals surface area contributed by atoms with E-state index >= 15 is 0 Å². The van der Waals surface area contributed by atoms with Gasteiger partial charge in [-0.2, -0.15) is 0 Å². The third kappa shape index (κ3) is 4.19. The molecule has 0 bridgehead atoms. The van der Waals surface area contributed by atoms with E-state index in [0.717, 1.165) is 30.5 Å². The van der Waals surface area contributed by atoms with Crippen LogP contribution in [0.25, 0.3) is 0 Å². The summed E-state index contributed by atoms with van der Waals surface area (Å²) in [5.41, 5.74) is 3.69. The summed E-state index contributed by atoms with van der Waals surface area (Å²) in [7, 11) is 1.55. The number of carbonyl (C=O) groups is 2. The van der Waals surface area contributed by atoms with Gasteiger partial charge in [0.2, 0.25) is 0 Å². The van der Waals surface area contributed by atoms with E-state index in [9.17, 15) is 9.59 Å². The average Bonchev–Trinajstić information content (AvgIpc) is 2.69. The fourth-order valence-corrected chi connectivity index (χ4v) is 3.69. The minimum Gasteiger partial charge on any atom is -0.496 e. The van der Waals surface area contributed by atoms with Gasteiger partial charge in [-0.05, 0) is 75.9 Å². The molecule has 1 unspecified atom stereocenters. The molecular weight excluding hydrogens is 352 g/mol. The molecule has 1 atom stereocenters. The molecule has 0 radical (unpaired) electrons. The standard InChI is InChI=1S/C23H28N2O3/c1-15-8-11-21(28-4)19(13-15)22(26)24-20-10-9-18(14-16(20)2)23(27)25-12-6-5-7-17(25)3/h8-11,13-14,17H,5-7,12H2,1-4H3,(H,24,26). The van der Waals surface area contributed by atoms with E-state index in [2.05, 4.69) is 12.2 Å². The highest BCUT2D eigenvalue weighted by molar-refractivity contribution is 6.07. The van der Waals surface area contributed by atoms with Gasteiger partial charge in [0.15, 0.2) is 0 Å². The monoisotopic (exact) mass is 380 g/mol. The average molecular weight is 380 g/mol. The van der Waals surface area contributed by atoms with Crippen molar-refractivity contribution in [3.05, 3.63) is 58.7 Å². The van der Waals surface area contributed by atoms with Crippen molar-refractivity contribution in [2.45, 2.75) is 46.1 Å². The topological polar surface area (TPSA) is 58.6 Å². The zero-order valence-electron chi connectivity index (χ0n) is 17.0. The van der Waals surface area contributed by atoms with Gasteiger partial charge in [-0.25, -0.2) is 0 Å². The first-order chi connectivity index (χ1) is 13.4. The molecule has 0 aliphatic carbocycles. The van der Waals surface area contributed by atoms with Gasteiger partial charge in [0.1, 0.15) is 5.75 Å². The number of benzene rings is 2. The van der Waals surface area contributed by atoms with Crippen LogP contribution in [0.15, 0.2) is 36.4 Å². The van der Waals surface area contributed by atoms with Crippen LogP contribution in [0.1, 0.15) is 58.0 Å². The number of nitrogens with one attached hydrogen (secondary N) is 1. The molecule has 1 N–H and O–H groups in total. The first-order valence-electron chi connectivity index (χ1n) is 9.78. The second kappa shape index (κ2) is 8.46. The number of nitrogens with zero attached hydrogens (tertiary/aromatic N) is 1. The van der Waals surface area contributed by atoms with Gasteiger partial charge in [0.05, 0.1) is 12.7 Å². The SMILES string of the molecule is COc1ccc(C)cc1C(=O)Nc1ccc(C(=O)N2CCCCC2C)cc1C. The molecule has 2 aromatic carbocycles. The first kappa shape index (κ1) is 19.9. The Kier molecular flexibility index (Phi) is 6.02. The molecule has 2 amide bonds. The maximum absolute atomic E-state index is 12.9. The summed E-state index contributed by atoms with van der Waals surface area (Å²) in [5, 5.41) is 2.94.